The number of piperidine rings is 1. The third kappa shape index (κ3) is 4.07. The topological polar surface area (TPSA) is 88.1 Å². The molecule has 1 aliphatic heterocycles. The lowest BCUT2D eigenvalue weighted by atomic mass is 9.95. The van der Waals surface area contributed by atoms with Crippen molar-refractivity contribution >= 4 is 21.7 Å². The van der Waals surface area contributed by atoms with Crippen molar-refractivity contribution in [3.8, 4) is 0 Å². The van der Waals surface area contributed by atoms with Gasteiger partial charge in [-0.1, -0.05) is 0 Å². The summed E-state index contributed by atoms with van der Waals surface area (Å²) in [6, 6.07) is 5.65. The Morgan fingerprint density at radius 1 is 1.25 bits per heavy atom. The molecule has 24 heavy (non-hydrogen) atoms. The number of hydrogen-bond donors (Lipinski definition) is 1. The number of nitrogens with zero attached hydrogens (tertiary/aromatic N) is 4. The predicted octanol–water partition coefficient (Wildman–Crippen LogP) is 2.06. The second-order valence-electron chi connectivity index (χ2n) is 6.08. The van der Waals surface area contributed by atoms with Gasteiger partial charge in [0.15, 0.2) is 0 Å². The first kappa shape index (κ1) is 16.8. The standard InChI is InChI=1S/C16H21N5O2S/c1-12-9-14(20-16-17-6-4-7-18-16)10-15(19-12)13-5-3-8-21(11-13)24(2,22)23/h4,6-7,9-10,13H,3,5,8,11H2,1-2H3,(H,17,18,19,20). The molecule has 0 aliphatic carbocycles. The molecule has 0 aromatic carbocycles. The largest absolute Gasteiger partial charge is 0.324 e. The minimum Gasteiger partial charge on any atom is -0.324 e. The number of pyridine rings is 1. The van der Waals surface area contributed by atoms with Crippen molar-refractivity contribution in [1.82, 2.24) is 19.3 Å². The first-order valence-electron chi connectivity index (χ1n) is 7.89. The first-order valence-corrected chi connectivity index (χ1v) is 9.74. The summed E-state index contributed by atoms with van der Waals surface area (Å²) < 4.78 is 25.2. The lowest BCUT2D eigenvalue weighted by Crippen LogP contribution is -2.38. The number of anilines is 2. The number of nitrogens with one attached hydrogen (secondary N) is 1. The van der Waals surface area contributed by atoms with Gasteiger partial charge in [0.1, 0.15) is 0 Å². The first-order chi connectivity index (χ1) is 11.4. The van der Waals surface area contributed by atoms with Crippen molar-refractivity contribution < 1.29 is 8.42 Å². The van der Waals surface area contributed by atoms with Crippen molar-refractivity contribution in [2.24, 2.45) is 0 Å². The van der Waals surface area contributed by atoms with E-state index in [0.29, 0.717) is 19.0 Å². The Hall–Kier alpha value is -2.06. The van der Waals surface area contributed by atoms with Crippen LogP contribution in [0.15, 0.2) is 30.6 Å². The molecule has 0 spiro atoms. The van der Waals surface area contributed by atoms with Gasteiger partial charge in [0.25, 0.3) is 0 Å². The molecule has 128 valence electrons. The monoisotopic (exact) mass is 347 g/mol. The van der Waals surface area contributed by atoms with Crippen LogP contribution in [-0.2, 0) is 10.0 Å². The quantitative estimate of drug-likeness (QED) is 0.911. The number of hydrogen-bond acceptors (Lipinski definition) is 6. The van der Waals surface area contributed by atoms with E-state index >= 15 is 0 Å². The highest BCUT2D eigenvalue weighted by Gasteiger charge is 2.27. The summed E-state index contributed by atoms with van der Waals surface area (Å²) in [7, 11) is -3.17. The summed E-state index contributed by atoms with van der Waals surface area (Å²) in [6.45, 7) is 3.00. The van der Waals surface area contributed by atoms with Crippen LogP contribution in [0.2, 0.25) is 0 Å². The van der Waals surface area contributed by atoms with E-state index in [1.807, 2.05) is 19.1 Å². The van der Waals surface area contributed by atoms with Crippen molar-refractivity contribution in [2.45, 2.75) is 25.7 Å². The van der Waals surface area contributed by atoms with Crippen LogP contribution >= 0.6 is 0 Å². The van der Waals surface area contributed by atoms with Crippen LogP contribution < -0.4 is 5.32 Å². The van der Waals surface area contributed by atoms with Crippen LogP contribution in [0.1, 0.15) is 30.1 Å². The third-order valence-electron chi connectivity index (χ3n) is 4.07. The second kappa shape index (κ2) is 6.82. The summed E-state index contributed by atoms with van der Waals surface area (Å²) in [4.78, 5) is 12.9. The maximum absolute atomic E-state index is 11.8. The summed E-state index contributed by atoms with van der Waals surface area (Å²) in [5, 5.41) is 3.17. The zero-order valence-electron chi connectivity index (χ0n) is 13.8. The molecule has 0 radical (unpaired) electrons. The highest BCUT2D eigenvalue weighted by Crippen LogP contribution is 2.29. The van der Waals surface area contributed by atoms with E-state index in [1.54, 1.807) is 22.8 Å². The summed E-state index contributed by atoms with van der Waals surface area (Å²) in [5.41, 5.74) is 2.64. The van der Waals surface area contributed by atoms with E-state index < -0.39 is 10.0 Å². The van der Waals surface area contributed by atoms with Gasteiger partial charge in [-0.25, -0.2) is 22.7 Å². The SMILES string of the molecule is Cc1cc(Nc2ncccn2)cc(C2CCCN(S(C)(=O)=O)C2)n1. The Morgan fingerprint density at radius 3 is 2.71 bits per heavy atom. The van der Waals surface area contributed by atoms with E-state index in [4.69, 9.17) is 0 Å². The van der Waals surface area contributed by atoms with Gasteiger partial charge >= 0.3 is 0 Å². The van der Waals surface area contributed by atoms with Gasteiger partial charge in [0.2, 0.25) is 16.0 Å². The molecule has 3 rings (SSSR count). The van der Waals surface area contributed by atoms with Crippen LogP contribution in [0.25, 0.3) is 0 Å². The van der Waals surface area contributed by atoms with Gasteiger partial charge in [-0.15, -0.1) is 0 Å². The van der Waals surface area contributed by atoms with Gasteiger partial charge in [0, 0.05) is 48.5 Å². The van der Waals surface area contributed by atoms with Gasteiger partial charge in [0.05, 0.1) is 6.26 Å². The van der Waals surface area contributed by atoms with Crippen molar-refractivity contribution in [1.29, 1.82) is 0 Å². The number of sulfonamides is 1. The van der Waals surface area contributed by atoms with E-state index in [9.17, 15) is 8.42 Å². The molecule has 2 aromatic rings. The molecule has 0 saturated carbocycles. The number of aromatic nitrogens is 3. The van der Waals surface area contributed by atoms with Gasteiger partial charge in [-0.3, -0.25) is 4.98 Å². The Bertz CT molecular complexity index is 810. The van der Waals surface area contributed by atoms with Gasteiger partial charge < -0.3 is 5.32 Å². The molecule has 8 heteroatoms. The minimum atomic E-state index is -3.17. The van der Waals surface area contributed by atoms with Crippen LogP contribution in [0.5, 0.6) is 0 Å². The highest BCUT2D eigenvalue weighted by atomic mass is 32.2. The fourth-order valence-corrected chi connectivity index (χ4v) is 3.86. The van der Waals surface area contributed by atoms with E-state index in [2.05, 4.69) is 20.3 Å². The maximum Gasteiger partial charge on any atom is 0.227 e. The third-order valence-corrected chi connectivity index (χ3v) is 5.34. The average molecular weight is 347 g/mol. The molecule has 2 aromatic heterocycles. The predicted molar refractivity (Wildman–Crippen MR) is 92.7 cm³/mol. The molecular formula is C16H21N5O2S. The maximum atomic E-state index is 11.8. The molecule has 1 aliphatic rings. The normalized spacial score (nSPS) is 19.2. The molecule has 7 nitrogen and oxygen atoms in total. The molecule has 1 atom stereocenters. The lowest BCUT2D eigenvalue weighted by Gasteiger charge is -2.30. The summed E-state index contributed by atoms with van der Waals surface area (Å²) in [5.74, 6) is 0.626. The van der Waals surface area contributed by atoms with Crippen molar-refractivity contribution in [3.05, 3.63) is 42.0 Å². The Morgan fingerprint density at radius 2 is 2.00 bits per heavy atom. The fraction of sp³-hybridized carbons (Fsp3) is 0.438. The number of aryl methyl sites for hydroxylation is 1. The summed E-state index contributed by atoms with van der Waals surface area (Å²) in [6.07, 6.45) is 6.39. The van der Waals surface area contributed by atoms with Gasteiger partial charge in [-0.2, -0.15) is 0 Å². The smallest absolute Gasteiger partial charge is 0.227 e. The molecule has 0 bridgehead atoms. The minimum absolute atomic E-state index is 0.102. The molecule has 0 amide bonds. The number of rotatable bonds is 4. The Balaban J connectivity index is 1.83. The van der Waals surface area contributed by atoms with E-state index in [-0.39, 0.29) is 5.92 Å². The molecular weight excluding hydrogens is 326 g/mol. The molecule has 1 N–H and O–H groups in total. The van der Waals surface area contributed by atoms with E-state index in [1.165, 1.54) is 6.26 Å². The van der Waals surface area contributed by atoms with Crippen LogP contribution in [-0.4, -0.2) is 47.0 Å². The highest BCUT2D eigenvalue weighted by molar-refractivity contribution is 7.88. The van der Waals surface area contributed by atoms with Crippen LogP contribution in [0.4, 0.5) is 11.6 Å². The second-order valence-corrected chi connectivity index (χ2v) is 8.06. The Kier molecular flexibility index (Phi) is 4.77. The Labute approximate surface area is 142 Å². The molecule has 1 saturated heterocycles. The molecule has 3 heterocycles. The lowest BCUT2D eigenvalue weighted by molar-refractivity contribution is 0.314. The molecule has 1 unspecified atom stereocenters. The van der Waals surface area contributed by atoms with E-state index in [0.717, 1.165) is 29.9 Å². The van der Waals surface area contributed by atoms with Crippen LogP contribution in [0, 0.1) is 6.92 Å². The zero-order valence-corrected chi connectivity index (χ0v) is 14.6. The fourth-order valence-electron chi connectivity index (χ4n) is 2.95. The van der Waals surface area contributed by atoms with Gasteiger partial charge in [-0.05, 0) is 38.0 Å². The van der Waals surface area contributed by atoms with Crippen molar-refractivity contribution in [2.75, 3.05) is 24.7 Å². The zero-order chi connectivity index (χ0) is 17.2. The van der Waals surface area contributed by atoms with Crippen LogP contribution in [0.3, 0.4) is 0 Å². The summed E-state index contributed by atoms with van der Waals surface area (Å²) >= 11 is 0. The molecule has 1 fully saturated rings. The van der Waals surface area contributed by atoms with Crippen molar-refractivity contribution in [3.63, 3.8) is 0 Å². The average Bonchev–Trinajstić information content (AvgIpc) is 2.54.